The first-order valence-electron chi connectivity index (χ1n) is 13.0. The minimum atomic E-state index is -0.785. The van der Waals surface area contributed by atoms with Crippen LogP contribution in [0.4, 0.5) is 5.69 Å². The van der Waals surface area contributed by atoms with Gasteiger partial charge in [-0.25, -0.2) is 0 Å². The van der Waals surface area contributed by atoms with Crippen molar-refractivity contribution in [1.82, 2.24) is 0 Å². The summed E-state index contributed by atoms with van der Waals surface area (Å²) in [5.74, 6) is 0.164. The Hall–Kier alpha value is -2.82. The fourth-order valence-corrected chi connectivity index (χ4v) is 4.84. The molecule has 4 N–H and O–H groups in total. The molecule has 0 saturated heterocycles. The number of aliphatic hydroxyl groups excluding tert-OH is 1. The topological polar surface area (TPSA) is 72.7 Å². The number of anilines is 1. The largest absolute Gasteiger partial charge is 0.507 e. The highest BCUT2D eigenvalue weighted by Gasteiger charge is 2.25. The summed E-state index contributed by atoms with van der Waals surface area (Å²) in [4.78, 5) is 0. The molecular formula is C31H41NO3. The number of phenols is 1. The van der Waals surface area contributed by atoms with Gasteiger partial charge >= 0.3 is 0 Å². The van der Waals surface area contributed by atoms with Gasteiger partial charge in [-0.1, -0.05) is 70.5 Å². The highest BCUT2D eigenvalue weighted by molar-refractivity contribution is 5.75. The summed E-state index contributed by atoms with van der Waals surface area (Å²) < 4.78 is 0. The van der Waals surface area contributed by atoms with E-state index in [1.165, 1.54) is 22.3 Å². The Morgan fingerprint density at radius 1 is 0.800 bits per heavy atom. The number of aliphatic hydroxyl groups is 2. The second-order valence-corrected chi connectivity index (χ2v) is 9.46. The van der Waals surface area contributed by atoms with Crippen LogP contribution in [0.25, 0.3) is 11.1 Å². The van der Waals surface area contributed by atoms with E-state index < -0.39 is 5.60 Å². The lowest BCUT2D eigenvalue weighted by atomic mass is 9.84. The molecule has 0 atom stereocenters. The van der Waals surface area contributed by atoms with Gasteiger partial charge < -0.3 is 20.6 Å². The Balaban J connectivity index is 1.98. The van der Waals surface area contributed by atoms with Crippen molar-refractivity contribution in [1.29, 1.82) is 0 Å². The highest BCUT2D eigenvalue weighted by atomic mass is 16.3. The van der Waals surface area contributed by atoms with Crippen molar-refractivity contribution in [3.63, 3.8) is 0 Å². The molecule has 3 aromatic carbocycles. The molecule has 0 aliphatic carbocycles. The molecule has 0 aromatic heterocycles. The van der Waals surface area contributed by atoms with Gasteiger partial charge in [0.15, 0.2) is 0 Å². The predicted molar refractivity (Wildman–Crippen MR) is 146 cm³/mol. The Morgan fingerprint density at radius 2 is 1.49 bits per heavy atom. The third-order valence-corrected chi connectivity index (χ3v) is 7.39. The number of benzene rings is 3. The van der Waals surface area contributed by atoms with Crippen LogP contribution in [0.3, 0.4) is 0 Å². The fourth-order valence-electron chi connectivity index (χ4n) is 4.84. The van der Waals surface area contributed by atoms with Gasteiger partial charge in [0.2, 0.25) is 0 Å². The molecule has 0 spiro atoms. The normalized spacial score (nSPS) is 11.6. The van der Waals surface area contributed by atoms with E-state index in [-0.39, 0.29) is 12.4 Å². The number of rotatable bonds is 11. The summed E-state index contributed by atoms with van der Waals surface area (Å²) in [7, 11) is 0. The van der Waals surface area contributed by atoms with E-state index in [9.17, 15) is 15.3 Å². The number of hydrogen-bond acceptors (Lipinski definition) is 4. The number of aromatic hydroxyl groups is 1. The van der Waals surface area contributed by atoms with Crippen LogP contribution < -0.4 is 5.32 Å². The van der Waals surface area contributed by atoms with E-state index in [0.29, 0.717) is 24.9 Å². The molecular weight excluding hydrogens is 434 g/mol. The molecule has 0 aliphatic heterocycles. The molecule has 0 aliphatic rings. The first kappa shape index (κ1) is 26.8. The molecule has 0 heterocycles. The van der Waals surface area contributed by atoms with Crippen LogP contribution in [-0.2, 0) is 31.6 Å². The molecule has 0 radical (unpaired) electrons. The van der Waals surface area contributed by atoms with Crippen LogP contribution in [0.5, 0.6) is 5.75 Å². The average molecular weight is 476 g/mol. The van der Waals surface area contributed by atoms with Crippen LogP contribution in [0.2, 0.25) is 0 Å². The summed E-state index contributed by atoms with van der Waals surface area (Å²) in [6, 6.07) is 16.7. The van der Waals surface area contributed by atoms with Crippen LogP contribution in [0.1, 0.15) is 80.3 Å². The fraction of sp³-hybridized carbons (Fsp3) is 0.419. The lowest BCUT2D eigenvalue weighted by molar-refractivity contribution is 0.0283. The number of hydrogen-bond donors (Lipinski definition) is 4. The second kappa shape index (κ2) is 11.7. The zero-order valence-electron chi connectivity index (χ0n) is 21.9. The van der Waals surface area contributed by atoms with Crippen molar-refractivity contribution in [2.45, 2.75) is 85.5 Å². The molecule has 4 heteroatoms. The Morgan fingerprint density at radius 3 is 2.11 bits per heavy atom. The van der Waals surface area contributed by atoms with E-state index in [2.05, 4.69) is 55.6 Å². The summed E-state index contributed by atoms with van der Waals surface area (Å²) in [5, 5.41) is 34.3. The number of nitrogens with one attached hydrogen (secondary N) is 1. The zero-order chi connectivity index (χ0) is 25.6. The van der Waals surface area contributed by atoms with Gasteiger partial charge in [0.25, 0.3) is 0 Å². The van der Waals surface area contributed by atoms with Crippen molar-refractivity contribution in [2.75, 3.05) is 5.32 Å². The molecule has 0 amide bonds. The maximum absolute atomic E-state index is 11.1. The molecule has 0 saturated carbocycles. The second-order valence-electron chi connectivity index (χ2n) is 9.46. The third kappa shape index (κ3) is 5.71. The van der Waals surface area contributed by atoms with Crippen LogP contribution >= 0.6 is 0 Å². The van der Waals surface area contributed by atoms with Gasteiger partial charge in [-0.15, -0.1) is 0 Å². The van der Waals surface area contributed by atoms with Crippen molar-refractivity contribution in [2.24, 2.45) is 0 Å². The summed E-state index contributed by atoms with van der Waals surface area (Å²) in [6.07, 6.45) is 4.33. The van der Waals surface area contributed by atoms with Gasteiger partial charge in [-0.2, -0.15) is 0 Å². The maximum Gasteiger partial charge on any atom is 0.124 e. The molecule has 188 valence electrons. The van der Waals surface area contributed by atoms with Crippen molar-refractivity contribution < 1.29 is 15.3 Å². The van der Waals surface area contributed by atoms with Gasteiger partial charge in [-0.3, -0.25) is 0 Å². The Labute approximate surface area is 210 Å². The average Bonchev–Trinajstić information content (AvgIpc) is 2.89. The SMILES string of the molecule is CCCc1cc(C(O)(CC)CC)ccc1-c1cc(NCc2ccc(CO)c(O)c2C)ccc1CC. The lowest BCUT2D eigenvalue weighted by Crippen LogP contribution is -2.23. The van der Waals surface area contributed by atoms with Gasteiger partial charge in [0.05, 0.1) is 12.2 Å². The minimum absolute atomic E-state index is 0.164. The molecule has 4 nitrogen and oxygen atoms in total. The quantitative estimate of drug-likeness (QED) is 0.241. The van der Waals surface area contributed by atoms with E-state index in [4.69, 9.17) is 0 Å². The van der Waals surface area contributed by atoms with E-state index >= 15 is 0 Å². The van der Waals surface area contributed by atoms with Gasteiger partial charge in [0, 0.05) is 17.8 Å². The summed E-state index contributed by atoms with van der Waals surface area (Å²) >= 11 is 0. The van der Waals surface area contributed by atoms with Crippen molar-refractivity contribution in [3.05, 3.63) is 81.9 Å². The van der Waals surface area contributed by atoms with Gasteiger partial charge in [0.1, 0.15) is 5.75 Å². The van der Waals surface area contributed by atoms with E-state index in [1.54, 1.807) is 6.07 Å². The number of aryl methyl sites for hydroxylation is 2. The van der Waals surface area contributed by atoms with Crippen LogP contribution in [0, 0.1) is 6.92 Å². The highest BCUT2D eigenvalue weighted by Crippen LogP contribution is 2.36. The molecule has 0 fully saturated rings. The first-order valence-corrected chi connectivity index (χ1v) is 13.0. The summed E-state index contributed by atoms with van der Waals surface area (Å²) in [6.45, 7) is 10.7. The van der Waals surface area contributed by atoms with Crippen LogP contribution in [-0.4, -0.2) is 15.3 Å². The minimum Gasteiger partial charge on any atom is -0.507 e. The van der Waals surface area contributed by atoms with Crippen molar-refractivity contribution >= 4 is 5.69 Å². The van der Waals surface area contributed by atoms with Crippen molar-refractivity contribution in [3.8, 4) is 16.9 Å². The standard InChI is InChI=1S/C31H41NO3/c1-6-10-23-17-26(31(35,8-3)9-4)14-16-28(23)29-18-27(15-13-22(29)7-2)32-19-24-11-12-25(20-33)30(34)21(24)5/h11-18,32-35H,6-10,19-20H2,1-5H3. The lowest BCUT2D eigenvalue weighted by Gasteiger charge is -2.27. The first-order chi connectivity index (χ1) is 16.8. The summed E-state index contributed by atoms with van der Waals surface area (Å²) in [5.41, 5.74) is 8.59. The molecule has 35 heavy (non-hydrogen) atoms. The molecule has 3 rings (SSSR count). The molecule has 3 aromatic rings. The predicted octanol–water partition coefficient (Wildman–Crippen LogP) is 6.99. The van der Waals surface area contributed by atoms with E-state index in [0.717, 1.165) is 41.6 Å². The molecule has 0 bridgehead atoms. The monoisotopic (exact) mass is 475 g/mol. The Kier molecular flexibility index (Phi) is 8.98. The van der Waals surface area contributed by atoms with Gasteiger partial charge in [-0.05, 0) is 83.7 Å². The third-order valence-electron chi connectivity index (χ3n) is 7.39. The maximum atomic E-state index is 11.1. The Bertz CT molecular complexity index is 1150. The smallest absolute Gasteiger partial charge is 0.124 e. The molecule has 0 unspecified atom stereocenters. The van der Waals surface area contributed by atoms with E-state index in [1.807, 2.05) is 26.8 Å². The zero-order valence-corrected chi connectivity index (χ0v) is 21.9. The van der Waals surface area contributed by atoms with Crippen LogP contribution in [0.15, 0.2) is 48.5 Å².